The second kappa shape index (κ2) is 8.21. The fourth-order valence-electron chi connectivity index (χ4n) is 1.68. The summed E-state index contributed by atoms with van der Waals surface area (Å²) < 4.78 is 33.0. The number of methoxy groups -OCH3 is 1. The van der Waals surface area contributed by atoms with Crippen LogP contribution in [0.4, 0.5) is 0 Å². The van der Waals surface area contributed by atoms with Gasteiger partial charge < -0.3 is 14.8 Å². The lowest BCUT2D eigenvalue weighted by molar-refractivity contribution is -0.120. The molecule has 118 valence electrons. The third-order valence-corrected chi connectivity index (χ3v) is 3.97. The zero-order valence-corrected chi connectivity index (χ0v) is 13.5. The highest BCUT2D eigenvalue weighted by Gasteiger charge is 2.18. The molecule has 0 saturated carbocycles. The lowest BCUT2D eigenvalue weighted by Gasteiger charge is -2.09. The molecule has 0 spiro atoms. The van der Waals surface area contributed by atoms with Crippen molar-refractivity contribution >= 4 is 25.6 Å². The molecular formula is C13H18ClNO5S. The normalized spacial score (nSPS) is 11.2. The van der Waals surface area contributed by atoms with Crippen molar-refractivity contribution in [2.24, 2.45) is 0 Å². The van der Waals surface area contributed by atoms with E-state index in [2.05, 4.69) is 5.32 Å². The smallest absolute Gasteiger partial charge is 0.264 e. The molecule has 0 aliphatic carbocycles. The summed E-state index contributed by atoms with van der Waals surface area (Å²) in [5.41, 5.74) is 0.531. The summed E-state index contributed by atoms with van der Waals surface area (Å²) in [5, 5.41) is 2.68. The van der Waals surface area contributed by atoms with Gasteiger partial charge in [0.15, 0.2) is 0 Å². The number of hydrogen-bond acceptors (Lipinski definition) is 5. The average molecular weight is 336 g/mol. The zero-order chi connectivity index (χ0) is 15.9. The van der Waals surface area contributed by atoms with Gasteiger partial charge in [-0.2, -0.15) is 0 Å². The Morgan fingerprint density at radius 3 is 2.67 bits per heavy atom. The summed E-state index contributed by atoms with van der Waals surface area (Å²) in [7, 11) is 2.76. The summed E-state index contributed by atoms with van der Waals surface area (Å²) in [5.74, 6) is -0.0803. The minimum atomic E-state index is -3.93. The Morgan fingerprint density at radius 2 is 2.10 bits per heavy atom. The van der Waals surface area contributed by atoms with Crippen LogP contribution in [0.1, 0.15) is 12.5 Å². The Balaban J connectivity index is 2.74. The molecule has 0 aromatic heterocycles. The molecule has 21 heavy (non-hydrogen) atoms. The first-order valence-corrected chi connectivity index (χ1v) is 8.65. The van der Waals surface area contributed by atoms with Crippen molar-refractivity contribution in [3.63, 3.8) is 0 Å². The fraction of sp³-hybridized carbons (Fsp3) is 0.462. The Bertz CT molecular complexity index is 588. The van der Waals surface area contributed by atoms with E-state index in [9.17, 15) is 13.2 Å². The first kappa shape index (κ1) is 17.7. The van der Waals surface area contributed by atoms with Gasteiger partial charge in [-0.1, -0.05) is 6.07 Å². The van der Waals surface area contributed by atoms with Gasteiger partial charge in [-0.15, -0.1) is 0 Å². The first-order valence-electron chi connectivity index (χ1n) is 6.34. The molecule has 0 saturated heterocycles. The number of halogens is 1. The van der Waals surface area contributed by atoms with E-state index >= 15 is 0 Å². The van der Waals surface area contributed by atoms with E-state index in [1.54, 1.807) is 6.07 Å². The molecular weight excluding hydrogens is 318 g/mol. The van der Waals surface area contributed by atoms with Crippen molar-refractivity contribution in [2.45, 2.75) is 18.2 Å². The van der Waals surface area contributed by atoms with Gasteiger partial charge in [0.25, 0.3) is 9.05 Å². The van der Waals surface area contributed by atoms with Gasteiger partial charge in [0.2, 0.25) is 5.91 Å². The quantitative estimate of drug-likeness (QED) is 0.572. The second-order valence-corrected chi connectivity index (χ2v) is 6.68. The highest BCUT2D eigenvalue weighted by Crippen LogP contribution is 2.27. The third-order valence-electron chi connectivity index (χ3n) is 2.63. The van der Waals surface area contributed by atoms with E-state index in [1.165, 1.54) is 19.2 Å². The van der Waals surface area contributed by atoms with Crippen LogP contribution in [0.3, 0.4) is 0 Å². The van der Waals surface area contributed by atoms with E-state index < -0.39 is 9.05 Å². The van der Waals surface area contributed by atoms with Crippen molar-refractivity contribution in [1.82, 2.24) is 5.32 Å². The molecule has 0 radical (unpaired) electrons. The van der Waals surface area contributed by atoms with Crippen LogP contribution in [0.5, 0.6) is 5.75 Å². The number of hydrogen-bond donors (Lipinski definition) is 1. The number of benzene rings is 1. The maximum Gasteiger partial charge on any atom is 0.264 e. The monoisotopic (exact) mass is 335 g/mol. The van der Waals surface area contributed by atoms with Crippen LogP contribution in [-0.2, 0) is 25.0 Å². The molecule has 0 unspecified atom stereocenters. The van der Waals surface area contributed by atoms with Crippen molar-refractivity contribution in [1.29, 1.82) is 0 Å². The highest BCUT2D eigenvalue weighted by atomic mass is 35.7. The van der Waals surface area contributed by atoms with Crippen molar-refractivity contribution < 1.29 is 22.7 Å². The number of carbonyl (C=O) groups is 1. The van der Waals surface area contributed by atoms with E-state index in [-0.39, 0.29) is 23.0 Å². The Hall–Kier alpha value is -1.31. The molecule has 0 atom stereocenters. The van der Waals surface area contributed by atoms with Gasteiger partial charge >= 0.3 is 0 Å². The Kier molecular flexibility index (Phi) is 6.94. The number of amides is 1. The largest absolute Gasteiger partial charge is 0.495 e. The molecule has 0 fully saturated rings. The second-order valence-electron chi connectivity index (χ2n) is 4.15. The van der Waals surface area contributed by atoms with Crippen LogP contribution in [0.2, 0.25) is 0 Å². The molecule has 0 aliphatic heterocycles. The van der Waals surface area contributed by atoms with E-state index in [1.807, 2.05) is 6.92 Å². The molecule has 8 heteroatoms. The van der Waals surface area contributed by atoms with Crippen LogP contribution in [0, 0.1) is 0 Å². The predicted octanol–water partition coefficient (Wildman–Crippen LogP) is 1.32. The van der Waals surface area contributed by atoms with Gasteiger partial charge in [0.1, 0.15) is 10.6 Å². The van der Waals surface area contributed by atoms with Gasteiger partial charge in [0.05, 0.1) is 20.1 Å². The predicted molar refractivity (Wildman–Crippen MR) is 79.2 cm³/mol. The molecule has 1 aromatic rings. The van der Waals surface area contributed by atoms with Crippen LogP contribution in [0.15, 0.2) is 23.1 Å². The van der Waals surface area contributed by atoms with Gasteiger partial charge in [-0.25, -0.2) is 8.42 Å². The first-order chi connectivity index (χ1) is 9.88. The van der Waals surface area contributed by atoms with Crippen LogP contribution < -0.4 is 10.1 Å². The van der Waals surface area contributed by atoms with E-state index in [0.29, 0.717) is 25.3 Å². The van der Waals surface area contributed by atoms with Crippen molar-refractivity contribution in [2.75, 3.05) is 26.9 Å². The maximum atomic E-state index is 11.7. The number of ether oxygens (including phenoxy) is 2. The summed E-state index contributed by atoms with van der Waals surface area (Å²) in [6, 6.07) is 4.42. The summed E-state index contributed by atoms with van der Waals surface area (Å²) >= 11 is 0. The Morgan fingerprint density at radius 1 is 1.38 bits per heavy atom. The third kappa shape index (κ3) is 5.91. The molecule has 0 aliphatic rings. The zero-order valence-electron chi connectivity index (χ0n) is 11.9. The van der Waals surface area contributed by atoms with Crippen molar-refractivity contribution in [3.05, 3.63) is 23.8 Å². The number of carbonyl (C=O) groups excluding carboxylic acids is 1. The summed E-state index contributed by atoms with van der Waals surface area (Å²) in [6.45, 7) is 3.30. The minimum absolute atomic E-state index is 0.0511. The van der Waals surface area contributed by atoms with E-state index in [0.717, 1.165) is 0 Å². The highest BCUT2D eigenvalue weighted by molar-refractivity contribution is 8.13. The molecule has 6 nitrogen and oxygen atoms in total. The maximum absolute atomic E-state index is 11.7. The van der Waals surface area contributed by atoms with Gasteiger partial charge in [-0.05, 0) is 24.6 Å². The van der Waals surface area contributed by atoms with Gasteiger partial charge in [-0.3, -0.25) is 4.79 Å². The van der Waals surface area contributed by atoms with Gasteiger partial charge in [0, 0.05) is 23.8 Å². The molecule has 1 amide bonds. The molecule has 0 bridgehead atoms. The molecule has 1 N–H and O–H groups in total. The average Bonchev–Trinajstić information content (AvgIpc) is 2.42. The summed E-state index contributed by atoms with van der Waals surface area (Å²) in [4.78, 5) is 11.6. The molecule has 1 aromatic carbocycles. The topological polar surface area (TPSA) is 81.7 Å². The van der Waals surface area contributed by atoms with Crippen LogP contribution >= 0.6 is 10.7 Å². The lowest BCUT2D eigenvalue weighted by atomic mass is 10.1. The van der Waals surface area contributed by atoms with Crippen LogP contribution in [0.25, 0.3) is 0 Å². The van der Waals surface area contributed by atoms with E-state index in [4.69, 9.17) is 20.2 Å². The number of nitrogens with one attached hydrogen (secondary N) is 1. The molecule has 0 heterocycles. The molecule has 1 rings (SSSR count). The minimum Gasteiger partial charge on any atom is -0.495 e. The van der Waals surface area contributed by atoms with Crippen molar-refractivity contribution in [3.8, 4) is 5.75 Å². The SMILES string of the molecule is CCOCCNC(=O)Cc1ccc(OC)c(S(=O)(=O)Cl)c1. The number of rotatable bonds is 8. The lowest BCUT2D eigenvalue weighted by Crippen LogP contribution is -2.28. The fourth-order valence-corrected chi connectivity index (χ4v) is 2.72. The Labute approximate surface area is 128 Å². The summed E-state index contributed by atoms with van der Waals surface area (Å²) in [6.07, 6.45) is 0.0511. The standard InChI is InChI=1S/C13H18ClNO5S/c1-3-20-7-6-15-13(16)9-10-4-5-11(19-2)12(8-10)21(14,17)18/h4-5,8H,3,6-7,9H2,1-2H3,(H,15,16). The van der Waals surface area contributed by atoms with Crippen LogP contribution in [-0.4, -0.2) is 41.2 Å².